The molecule has 0 radical (unpaired) electrons. The summed E-state index contributed by atoms with van der Waals surface area (Å²) in [6, 6.07) is 12.7. The molecule has 2 aromatic rings. The summed E-state index contributed by atoms with van der Waals surface area (Å²) in [7, 11) is 0. The lowest BCUT2D eigenvalue weighted by molar-refractivity contribution is 0.0690. The largest absolute Gasteiger partial charge is 0.477 e. The summed E-state index contributed by atoms with van der Waals surface area (Å²) >= 11 is 0. The highest BCUT2D eigenvalue weighted by Crippen LogP contribution is 2.33. The van der Waals surface area contributed by atoms with E-state index in [0.29, 0.717) is 13.2 Å². The Hall–Kier alpha value is -2.73. The fraction of sp³-hybridized carbons (Fsp3) is 0.278. The SMILES string of the molecule is O=C(NC[C@H]1CCO[C@@H]1c1ccccc1)c1ccnc(C(=O)O)c1. The third-order valence-electron chi connectivity index (χ3n) is 4.11. The third-order valence-corrected chi connectivity index (χ3v) is 4.11. The van der Waals surface area contributed by atoms with E-state index in [2.05, 4.69) is 10.3 Å². The standard InChI is InChI=1S/C18H18N2O4/c21-17(13-6-8-19-15(10-13)18(22)23)20-11-14-7-9-24-16(14)12-4-2-1-3-5-12/h1-6,8,10,14,16H,7,9,11H2,(H,20,21)(H,22,23)/t14-,16-/m1/s1. The van der Waals surface area contributed by atoms with Crippen LogP contribution in [0, 0.1) is 5.92 Å². The van der Waals surface area contributed by atoms with Crippen LogP contribution in [-0.2, 0) is 4.74 Å². The minimum atomic E-state index is -1.15. The topological polar surface area (TPSA) is 88.5 Å². The van der Waals surface area contributed by atoms with Crippen molar-refractivity contribution in [3.63, 3.8) is 0 Å². The number of carboxylic acids is 1. The highest BCUT2D eigenvalue weighted by molar-refractivity contribution is 5.96. The Labute approximate surface area is 139 Å². The van der Waals surface area contributed by atoms with Gasteiger partial charge in [0.05, 0.1) is 6.10 Å². The van der Waals surface area contributed by atoms with Crippen LogP contribution in [0.15, 0.2) is 48.7 Å². The van der Waals surface area contributed by atoms with Crippen LogP contribution in [0.2, 0.25) is 0 Å². The lowest BCUT2D eigenvalue weighted by atomic mass is 9.95. The van der Waals surface area contributed by atoms with Crippen LogP contribution in [0.1, 0.15) is 38.9 Å². The molecule has 0 saturated carbocycles. The van der Waals surface area contributed by atoms with Gasteiger partial charge in [0, 0.05) is 30.8 Å². The normalized spacial score (nSPS) is 19.8. The lowest BCUT2D eigenvalue weighted by Gasteiger charge is -2.19. The fourth-order valence-electron chi connectivity index (χ4n) is 2.87. The number of aromatic nitrogens is 1. The number of rotatable bonds is 5. The summed E-state index contributed by atoms with van der Waals surface area (Å²) in [5.41, 5.74) is 1.25. The first kappa shape index (κ1) is 16.1. The number of benzene rings is 1. The zero-order valence-electron chi connectivity index (χ0n) is 13.0. The highest BCUT2D eigenvalue weighted by atomic mass is 16.5. The Morgan fingerprint density at radius 3 is 2.79 bits per heavy atom. The Morgan fingerprint density at radius 2 is 2.04 bits per heavy atom. The Balaban J connectivity index is 1.63. The molecule has 1 aromatic heterocycles. The maximum atomic E-state index is 12.2. The van der Waals surface area contributed by atoms with Gasteiger partial charge >= 0.3 is 5.97 Å². The van der Waals surface area contributed by atoms with Crippen LogP contribution in [0.4, 0.5) is 0 Å². The van der Waals surface area contributed by atoms with Gasteiger partial charge in [-0.05, 0) is 24.1 Å². The van der Waals surface area contributed by atoms with Gasteiger partial charge in [-0.1, -0.05) is 30.3 Å². The Bertz CT molecular complexity index is 733. The van der Waals surface area contributed by atoms with Crippen LogP contribution >= 0.6 is 0 Å². The maximum Gasteiger partial charge on any atom is 0.354 e. The number of hydrogen-bond acceptors (Lipinski definition) is 4. The first-order valence-corrected chi connectivity index (χ1v) is 7.79. The number of pyridine rings is 1. The molecule has 0 aliphatic carbocycles. The van der Waals surface area contributed by atoms with E-state index in [1.807, 2.05) is 30.3 Å². The number of amides is 1. The molecule has 1 aromatic carbocycles. The van der Waals surface area contributed by atoms with Crippen LogP contribution in [0.5, 0.6) is 0 Å². The molecule has 0 spiro atoms. The van der Waals surface area contributed by atoms with Gasteiger partial charge < -0.3 is 15.2 Å². The Morgan fingerprint density at radius 1 is 1.25 bits per heavy atom. The molecular formula is C18H18N2O4. The van der Waals surface area contributed by atoms with Gasteiger partial charge in [0.1, 0.15) is 5.69 Å². The van der Waals surface area contributed by atoms with Gasteiger partial charge in [-0.3, -0.25) is 4.79 Å². The average Bonchev–Trinajstić information content (AvgIpc) is 3.09. The van der Waals surface area contributed by atoms with Crippen molar-refractivity contribution in [1.29, 1.82) is 0 Å². The number of aromatic carboxylic acids is 1. The quantitative estimate of drug-likeness (QED) is 0.880. The Kier molecular flexibility index (Phi) is 4.86. The average molecular weight is 326 g/mol. The molecule has 1 saturated heterocycles. The van der Waals surface area contributed by atoms with Gasteiger partial charge in [-0.15, -0.1) is 0 Å². The van der Waals surface area contributed by atoms with Crippen molar-refractivity contribution in [2.45, 2.75) is 12.5 Å². The number of nitrogens with zero attached hydrogens (tertiary/aromatic N) is 1. The third kappa shape index (κ3) is 3.60. The zero-order chi connectivity index (χ0) is 16.9. The first-order valence-electron chi connectivity index (χ1n) is 7.79. The van der Waals surface area contributed by atoms with Gasteiger partial charge in [0.25, 0.3) is 5.91 Å². The van der Waals surface area contributed by atoms with E-state index in [1.54, 1.807) is 0 Å². The van der Waals surface area contributed by atoms with Gasteiger partial charge in [-0.25, -0.2) is 9.78 Å². The molecule has 6 nitrogen and oxygen atoms in total. The number of carboxylic acid groups (broad SMARTS) is 1. The smallest absolute Gasteiger partial charge is 0.354 e. The molecule has 6 heteroatoms. The molecule has 1 fully saturated rings. The number of hydrogen-bond donors (Lipinski definition) is 2. The van der Waals surface area contributed by atoms with Crippen molar-refractivity contribution in [2.75, 3.05) is 13.2 Å². The van der Waals surface area contributed by atoms with E-state index < -0.39 is 5.97 Å². The second-order valence-corrected chi connectivity index (χ2v) is 5.70. The minimum absolute atomic E-state index is 0.0291. The molecule has 24 heavy (non-hydrogen) atoms. The summed E-state index contributed by atoms with van der Waals surface area (Å²) in [5.74, 6) is -1.27. The summed E-state index contributed by atoms with van der Waals surface area (Å²) < 4.78 is 5.80. The van der Waals surface area contributed by atoms with Crippen molar-refractivity contribution in [2.24, 2.45) is 5.92 Å². The molecule has 1 amide bonds. The second kappa shape index (κ2) is 7.23. The highest BCUT2D eigenvalue weighted by Gasteiger charge is 2.29. The van der Waals surface area contributed by atoms with Crippen molar-refractivity contribution < 1.29 is 19.4 Å². The molecule has 2 atom stereocenters. The molecule has 1 aliphatic heterocycles. The van der Waals surface area contributed by atoms with Gasteiger partial charge in [0.15, 0.2) is 0 Å². The van der Waals surface area contributed by atoms with Crippen molar-refractivity contribution >= 4 is 11.9 Å². The van der Waals surface area contributed by atoms with E-state index in [0.717, 1.165) is 12.0 Å². The van der Waals surface area contributed by atoms with Crippen molar-refractivity contribution in [3.8, 4) is 0 Å². The second-order valence-electron chi connectivity index (χ2n) is 5.70. The summed E-state index contributed by atoms with van der Waals surface area (Å²) in [6.45, 7) is 1.14. The number of carbonyl (C=O) groups excluding carboxylic acids is 1. The minimum Gasteiger partial charge on any atom is -0.477 e. The summed E-state index contributed by atoms with van der Waals surface area (Å²) in [4.78, 5) is 26.9. The molecular weight excluding hydrogens is 308 g/mol. The number of nitrogens with one attached hydrogen (secondary N) is 1. The number of ether oxygens (including phenoxy) is 1. The predicted octanol–water partition coefficient (Wildman–Crippen LogP) is 2.29. The van der Waals surface area contributed by atoms with E-state index in [4.69, 9.17) is 9.84 Å². The van der Waals surface area contributed by atoms with Crippen LogP contribution < -0.4 is 5.32 Å². The first-order chi connectivity index (χ1) is 11.6. The molecule has 124 valence electrons. The molecule has 0 bridgehead atoms. The van der Waals surface area contributed by atoms with Gasteiger partial charge in [-0.2, -0.15) is 0 Å². The summed E-state index contributed by atoms with van der Waals surface area (Å²) in [5, 5.41) is 11.8. The number of carbonyl (C=O) groups is 2. The van der Waals surface area contributed by atoms with Crippen molar-refractivity contribution in [1.82, 2.24) is 10.3 Å². The monoisotopic (exact) mass is 326 g/mol. The van der Waals surface area contributed by atoms with Crippen LogP contribution in [0.25, 0.3) is 0 Å². The molecule has 3 rings (SSSR count). The maximum absolute atomic E-state index is 12.2. The van der Waals surface area contributed by atoms with Crippen LogP contribution in [0.3, 0.4) is 0 Å². The fourth-order valence-corrected chi connectivity index (χ4v) is 2.87. The molecule has 0 unspecified atom stereocenters. The van der Waals surface area contributed by atoms with Crippen LogP contribution in [-0.4, -0.2) is 35.1 Å². The van der Waals surface area contributed by atoms with Gasteiger partial charge in [0.2, 0.25) is 0 Å². The summed E-state index contributed by atoms with van der Waals surface area (Å²) in [6.07, 6.45) is 2.17. The van der Waals surface area contributed by atoms with E-state index in [1.165, 1.54) is 18.3 Å². The van der Waals surface area contributed by atoms with Crippen molar-refractivity contribution in [3.05, 3.63) is 65.5 Å². The zero-order valence-corrected chi connectivity index (χ0v) is 13.0. The van der Waals surface area contributed by atoms with E-state index in [-0.39, 0.29) is 29.2 Å². The van der Waals surface area contributed by atoms with E-state index >= 15 is 0 Å². The lowest BCUT2D eigenvalue weighted by Crippen LogP contribution is -2.30. The molecule has 2 heterocycles. The predicted molar refractivity (Wildman–Crippen MR) is 86.8 cm³/mol. The molecule has 2 N–H and O–H groups in total. The molecule has 1 aliphatic rings. The van der Waals surface area contributed by atoms with E-state index in [9.17, 15) is 9.59 Å².